The molecule has 0 aliphatic heterocycles. The first-order valence-corrected chi connectivity index (χ1v) is 8.88. The molecule has 2 atom stereocenters. The Kier molecular flexibility index (Phi) is 5.13. The largest absolute Gasteiger partial charge is 0.297 e. The second kappa shape index (κ2) is 5.27. The first-order chi connectivity index (χ1) is 7.05. The lowest BCUT2D eigenvalue weighted by atomic mass is 10.1. The van der Waals surface area contributed by atoms with Gasteiger partial charge in [0.25, 0.3) is 0 Å². The van der Waals surface area contributed by atoms with Crippen LogP contribution >= 0.6 is 0 Å². The molecule has 96 valence electrons. The molecule has 5 nitrogen and oxygen atoms in total. The predicted octanol–water partition coefficient (Wildman–Crippen LogP) is 0.202. The average molecular weight is 270 g/mol. The van der Waals surface area contributed by atoms with E-state index in [-0.39, 0.29) is 12.8 Å². The lowest BCUT2D eigenvalue weighted by Gasteiger charge is -2.17. The highest BCUT2D eigenvalue weighted by molar-refractivity contribution is 7.93. The van der Waals surface area contributed by atoms with E-state index < -0.39 is 36.0 Å². The minimum Gasteiger partial charge on any atom is -0.297 e. The van der Waals surface area contributed by atoms with Gasteiger partial charge >= 0.3 is 0 Å². The summed E-state index contributed by atoms with van der Waals surface area (Å²) in [6, 6.07) is 0. The zero-order chi connectivity index (χ0) is 13.1. The number of carbonyl (C=O) groups excluding carboxylic acids is 1. The van der Waals surface area contributed by atoms with Crippen molar-refractivity contribution >= 4 is 25.5 Å². The number of sulfone groups is 2. The summed E-state index contributed by atoms with van der Waals surface area (Å²) in [5, 5.41) is -2.43. The summed E-state index contributed by atoms with van der Waals surface area (Å²) in [4.78, 5) is 11.8. The summed E-state index contributed by atoms with van der Waals surface area (Å²) in [5.74, 6) is -0.713. The van der Waals surface area contributed by atoms with E-state index in [0.717, 1.165) is 12.5 Å². The van der Waals surface area contributed by atoms with Gasteiger partial charge < -0.3 is 0 Å². The topological polar surface area (TPSA) is 85.3 Å². The number of hydrogen-bond donors (Lipinski definition) is 0. The number of carbonyl (C=O) groups is 1. The van der Waals surface area contributed by atoms with Crippen molar-refractivity contribution in [1.29, 1.82) is 0 Å². The molecular weight excluding hydrogens is 252 g/mol. The van der Waals surface area contributed by atoms with Crippen LogP contribution < -0.4 is 0 Å². The quantitative estimate of drug-likeness (QED) is 0.688. The maximum Gasteiger partial charge on any atom is 0.168 e. The molecule has 0 amide bonds. The standard InChI is InChI=1S/C9H18O5S2/c1-5-7(15(3,11)12)9(10)8(6-2)16(4,13)14/h7-8H,5-6H2,1-4H3. The Hall–Kier alpha value is -0.430. The first kappa shape index (κ1) is 15.6. The summed E-state index contributed by atoms with van der Waals surface area (Å²) in [5.41, 5.74) is 0. The van der Waals surface area contributed by atoms with Crippen LogP contribution in [-0.4, -0.2) is 45.6 Å². The van der Waals surface area contributed by atoms with E-state index in [9.17, 15) is 21.6 Å². The zero-order valence-corrected chi connectivity index (χ0v) is 11.6. The molecule has 0 bridgehead atoms. The van der Waals surface area contributed by atoms with E-state index in [0.29, 0.717) is 0 Å². The minimum absolute atomic E-state index is 0.101. The van der Waals surface area contributed by atoms with Crippen molar-refractivity contribution < 1.29 is 21.6 Å². The van der Waals surface area contributed by atoms with E-state index in [1.54, 1.807) is 13.8 Å². The molecule has 0 fully saturated rings. The summed E-state index contributed by atoms with van der Waals surface area (Å²) in [6.07, 6.45) is 2.11. The fourth-order valence-electron chi connectivity index (χ4n) is 1.64. The third-order valence-electron chi connectivity index (χ3n) is 2.41. The molecule has 0 aliphatic carbocycles. The van der Waals surface area contributed by atoms with Crippen molar-refractivity contribution in [2.45, 2.75) is 37.2 Å². The van der Waals surface area contributed by atoms with Gasteiger partial charge in [0.05, 0.1) is 0 Å². The molecule has 2 unspecified atom stereocenters. The van der Waals surface area contributed by atoms with Crippen LogP contribution in [0.1, 0.15) is 26.7 Å². The van der Waals surface area contributed by atoms with Gasteiger partial charge in [0.2, 0.25) is 0 Å². The molecule has 0 heterocycles. The molecule has 0 saturated carbocycles. The molecule has 0 saturated heterocycles. The van der Waals surface area contributed by atoms with Crippen molar-refractivity contribution in [1.82, 2.24) is 0 Å². The molecule has 16 heavy (non-hydrogen) atoms. The lowest BCUT2D eigenvalue weighted by molar-refractivity contribution is -0.118. The molecule has 0 aliphatic rings. The Balaban J connectivity index is 5.33. The summed E-state index contributed by atoms with van der Waals surface area (Å²) in [7, 11) is -7.09. The van der Waals surface area contributed by atoms with Gasteiger partial charge in [-0.15, -0.1) is 0 Å². The van der Waals surface area contributed by atoms with Crippen LogP contribution in [0, 0.1) is 0 Å². The minimum atomic E-state index is -3.54. The summed E-state index contributed by atoms with van der Waals surface area (Å²) >= 11 is 0. The van der Waals surface area contributed by atoms with Gasteiger partial charge in [0.1, 0.15) is 10.5 Å². The molecule has 0 aromatic carbocycles. The van der Waals surface area contributed by atoms with Crippen molar-refractivity contribution in [3.8, 4) is 0 Å². The number of ketones is 1. The van der Waals surface area contributed by atoms with Crippen LogP contribution in [-0.2, 0) is 24.5 Å². The molecule has 0 N–H and O–H groups in total. The Morgan fingerprint density at radius 2 is 1.12 bits per heavy atom. The van der Waals surface area contributed by atoms with Gasteiger partial charge in [-0.1, -0.05) is 13.8 Å². The molecule has 0 spiro atoms. The monoisotopic (exact) mass is 270 g/mol. The predicted molar refractivity (Wildman–Crippen MR) is 62.9 cm³/mol. The third kappa shape index (κ3) is 3.86. The highest BCUT2D eigenvalue weighted by Gasteiger charge is 2.36. The van der Waals surface area contributed by atoms with Crippen LogP contribution in [0.25, 0.3) is 0 Å². The van der Waals surface area contributed by atoms with Gasteiger partial charge in [-0.25, -0.2) is 16.8 Å². The van der Waals surface area contributed by atoms with Crippen molar-refractivity contribution in [2.24, 2.45) is 0 Å². The maximum absolute atomic E-state index is 11.8. The van der Waals surface area contributed by atoms with E-state index in [4.69, 9.17) is 0 Å². The van der Waals surface area contributed by atoms with E-state index in [1.165, 1.54) is 0 Å². The fourth-order valence-corrected chi connectivity index (χ4v) is 4.11. The molecule has 0 rings (SSSR count). The first-order valence-electron chi connectivity index (χ1n) is 4.97. The van der Waals surface area contributed by atoms with Gasteiger partial charge in [-0.05, 0) is 12.8 Å². The van der Waals surface area contributed by atoms with Crippen LogP contribution in [0.15, 0.2) is 0 Å². The Morgan fingerprint density at radius 1 is 0.875 bits per heavy atom. The smallest absolute Gasteiger partial charge is 0.168 e. The zero-order valence-electron chi connectivity index (χ0n) is 9.93. The Labute approximate surface area is 97.1 Å². The third-order valence-corrected chi connectivity index (χ3v) is 5.61. The molecule has 0 aromatic rings. The molecule has 0 aromatic heterocycles. The second-order valence-electron chi connectivity index (χ2n) is 3.86. The SMILES string of the molecule is CCC(C(=O)C(CC)S(C)(=O)=O)S(C)(=O)=O. The fraction of sp³-hybridized carbons (Fsp3) is 0.889. The molecule has 0 radical (unpaired) electrons. The van der Waals surface area contributed by atoms with E-state index >= 15 is 0 Å². The summed E-state index contributed by atoms with van der Waals surface area (Å²) < 4.78 is 45.3. The average Bonchev–Trinajstić information content (AvgIpc) is 2.00. The van der Waals surface area contributed by atoms with Crippen LogP contribution in [0.3, 0.4) is 0 Å². The normalized spacial score (nSPS) is 16.8. The molecular formula is C9H18O5S2. The number of Topliss-reactive ketones (excluding diaryl/α,β-unsaturated/α-hetero) is 1. The number of rotatable bonds is 6. The van der Waals surface area contributed by atoms with E-state index in [2.05, 4.69) is 0 Å². The van der Waals surface area contributed by atoms with Crippen LogP contribution in [0.2, 0.25) is 0 Å². The van der Waals surface area contributed by atoms with Gasteiger partial charge in [0.15, 0.2) is 25.5 Å². The number of hydrogen-bond acceptors (Lipinski definition) is 5. The maximum atomic E-state index is 11.8. The Bertz CT molecular complexity index is 404. The summed E-state index contributed by atoms with van der Waals surface area (Å²) in [6.45, 7) is 3.11. The highest BCUT2D eigenvalue weighted by atomic mass is 32.2. The Morgan fingerprint density at radius 3 is 1.25 bits per heavy atom. The van der Waals surface area contributed by atoms with Crippen LogP contribution in [0.5, 0.6) is 0 Å². The highest BCUT2D eigenvalue weighted by Crippen LogP contribution is 2.15. The van der Waals surface area contributed by atoms with Gasteiger partial charge in [-0.2, -0.15) is 0 Å². The van der Waals surface area contributed by atoms with Crippen LogP contribution in [0.4, 0.5) is 0 Å². The van der Waals surface area contributed by atoms with Gasteiger partial charge in [-0.3, -0.25) is 4.79 Å². The van der Waals surface area contributed by atoms with Crippen molar-refractivity contribution in [3.63, 3.8) is 0 Å². The molecule has 7 heteroatoms. The second-order valence-corrected chi connectivity index (χ2v) is 8.31. The van der Waals surface area contributed by atoms with E-state index in [1.807, 2.05) is 0 Å². The van der Waals surface area contributed by atoms with Crippen molar-refractivity contribution in [2.75, 3.05) is 12.5 Å². The van der Waals surface area contributed by atoms with Gasteiger partial charge in [0, 0.05) is 12.5 Å². The lowest BCUT2D eigenvalue weighted by Crippen LogP contribution is -2.40. The van der Waals surface area contributed by atoms with Crippen molar-refractivity contribution in [3.05, 3.63) is 0 Å².